The Hall–Kier alpha value is -2.98. The van der Waals surface area contributed by atoms with Crippen LogP contribution in [0.2, 0.25) is 0 Å². The highest BCUT2D eigenvalue weighted by atomic mass is 32.2. The first kappa shape index (κ1) is 24.2. The van der Waals surface area contributed by atoms with Crippen LogP contribution in [0.1, 0.15) is 52.6 Å². The summed E-state index contributed by atoms with van der Waals surface area (Å²) in [6, 6.07) is 4.47. The molecule has 2 aromatic heterocycles. The maximum atomic E-state index is 15.3. The standard InChI is InChI=1S/C24H25FN4O3S2/c1-5-15-11-16(12-17(25)18(15)23(2,3)4)20(30)29-21(19-26-8-10-33-19)34-14-24(29,22(31)32)13-28-9-6-7-27-28/h5-12,21H,1,13-14H2,2-4H3,(H,31,32). The van der Waals surface area contributed by atoms with Gasteiger partial charge >= 0.3 is 5.97 Å². The zero-order chi connectivity index (χ0) is 24.7. The van der Waals surface area contributed by atoms with Gasteiger partial charge in [-0.3, -0.25) is 9.48 Å². The van der Waals surface area contributed by atoms with Gasteiger partial charge < -0.3 is 10.0 Å². The Morgan fingerprint density at radius 2 is 2.12 bits per heavy atom. The molecule has 1 N–H and O–H groups in total. The number of rotatable bonds is 6. The van der Waals surface area contributed by atoms with E-state index in [1.54, 1.807) is 36.1 Å². The summed E-state index contributed by atoms with van der Waals surface area (Å²) in [7, 11) is 0. The van der Waals surface area contributed by atoms with Gasteiger partial charge in [0, 0.05) is 40.9 Å². The van der Waals surface area contributed by atoms with Crippen LogP contribution in [0.3, 0.4) is 0 Å². The fourth-order valence-electron chi connectivity index (χ4n) is 4.28. The van der Waals surface area contributed by atoms with Crippen LogP contribution in [-0.2, 0) is 16.8 Å². The second-order valence-corrected chi connectivity index (χ2v) is 11.1. The minimum Gasteiger partial charge on any atom is -0.479 e. The molecular weight excluding hydrogens is 475 g/mol. The lowest BCUT2D eigenvalue weighted by Gasteiger charge is -2.36. The Morgan fingerprint density at radius 3 is 2.68 bits per heavy atom. The summed E-state index contributed by atoms with van der Waals surface area (Å²) in [5.74, 6) is -2.13. The molecule has 0 radical (unpaired) electrons. The summed E-state index contributed by atoms with van der Waals surface area (Å²) in [5.41, 5.74) is -1.09. The van der Waals surface area contributed by atoms with Crippen LogP contribution in [0.4, 0.5) is 4.39 Å². The zero-order valence-electron chi connectivity index (χ0n) is 19.1. The van der Waals surface area contributed by atoms with Gasteiger partial charge in [0.05, 0.1) is 6.54 Å². The number of thiazole rings is 1. The Morgan fingerprint density at radius 1 is 1.35 bits per heavy atom. The maximum absolute atomic E-state index is 15.3. The molecule has 1 saturated heterocycles. The van der Waals surface area contributed by atoms with Gasteiger partial charge in [-0.1, -0.05) is 33.4 Å². The third-order valence-electron chi connectivity index (χ3n) is 5.78. The van der Waals surface area contributed by atoms with Gasteiger partial charge in [-0.05, 0) is 29.2 Å². The van der Waals surface area contributed by atoms with Crippen molar-refractivity contribution < 1.29 is 19.1 Å². The lowest BCUT2D eigenvalue weighted by Crippen LogP contribution is -2.58. The SMILES string of the molecule is C=Cc1cc(C(=O)N2C(c3nccs3)SCC2(Cn2cccn2)C(=O)O)cc(F)c1C(C)(C)C. The number of hydrogen-bond donors (Lipinski definition) is 1. The highest BCUT2D eigenvalue weighted by Crippen LogP contribution is 2.49. The van der Waals surface area contributed by atoms with E-state index < -0.39 is 34.0 Å². The molecule has 1 aromatic carbocycles. The van der Waals surface area contributed by atoms with Crippen molar-refractivity contribution in [2.75, 3.05) is 5.75 Å². The van der Waals surface area contributed by atoms with Crippen molar-refractivity contribution in [2.24, 2.45) is 0 Å². The molecule has 0 spiro atoms. The summed E-state index contributed by atoms with van der Waals surface area (Å²) in [5, 5.41) is 16.3. The van der Waals surface area contributed by atoms with Crippen molar-refractivity contribution in [3.63, 3.8) is 0 Å². The van der Waals surface area contributed by atoms with Gasteiger partial charge in [0.25, 0.3) is 5.91 Å². The van der Waals surface area contributed by atoms with Crippen molar-refractivity contribution >= 4 is 41.1 Å². The molecule has 34 heavy (non-hydrogen) atoms. The largest absolute Gasteiger partial charge is 0.479 e. The first-order valence-corrected chi connectivity index (χ1v) is 12.5. The summed E-state index contributed by atoms with van der Waals surface area (Å²) in [6.07, 6.45) is 6.35. The van der Waals surface area contributed by atoms with Crippen LogP contribution in [0.25, 0.3) is 6.08 Å². The van der Waals surface area contributed by atoms with E-state index in [0.29, 0.717) is 16.1 Å². The number of carbonyl (C=O) groups excluding carboxylic acids is 1. The second-order valence-electron chi connectivity index (χ2n) is 9.13. The van der Waals surface area contributed by atoms with E-state index in [0.717, 1.165) is 0 Å². The number of carbonyl (C=O) groups is 2. The topological polar surface area (TPSA) is 88.3 Å². The lowest BCUT2D eigenvalue weighted by molar-refractivity contribution is -0.149. The van der Waals surface area contributed by atoms with E-state index in [1.807, 2.05) is 20.8 Å². The van der Waals surface area contributed by atoms with Crippen molar-refractivity contribution in [3.05, 3.63) is 76.3 Å². The van der Waals surface area contributed by atoms with Crippen LogP contribution in [0.15, 0.2) is 48.7 Å². The molecule has 3 heterocycles. The quantitative estimate of drug-likeness (QED) is 0.522. The van der Waals surface area contributed by atoms with Crippen molar-refractivity contribution in [1.82, 2.24) is 19.7 Å². The Labute approximate surface area is 205 Å². The molecule has 1 amide bonds. The van der Waals surface area contributed by atoms with Gasteiger partial charge in [-0.2, -0.15) is 5.10 Å². The molecule has 0 bridgehead atoms. The summed E-state index contributed by atoms with van der Waals surface area (Å²) in [6.45, 7) is 9.40. The second kappa shape index (κ2) is 8.99. The predicted molar refractivity (Wildman–Crippen MR) is 131 cm³/mol. The molecule has 178 valence electrons. The van der Waals surface area contributed by atoms with E-state index in [4.69, 9.17) is 0 Å². The number of aliphatic carboxylic acids is 1. The molecule has 2 unspecified atom stereocenters. The number of carboxylic acids is 1. The number of benzene rings is 1. The van der Waals surface area contributed by atoms with E-state index in [9.17, 15) is 14.7 Å². The fourth-order valence-corrected chi connectivity index (χ4v) is 6.70. The lowest BCUT2D eigenvalue weighted by atomic mass is 9.82. The Kier molecular flexibility index (Phi) is 6.39. The van der Waals surface area contributed by atoms with Crippen molar-refractivity contribution in [3.8, 4) is 0 Å². The minimum atomic E-state index is -1.60. The van der Waals surface area contributed by atoms with Crippen LogP contribution in [0, 0.1) is 5.82 Å². The van der Waals surface area contributed by atoms with Crippen molar-refractivity contribution in [1.29, 1.82) is 0 Å². The Bertz CT molecular complexity index is 1220. The first-order valence-electron chi connectivity index (χ1n) is 10.6. The average Bonchev–Trinajstić information content (AvgIpc) is 3.53. The molecule has 0 aliphatic carbocycles. The molecule has 10 heteroatoms. The molecular formula is C24H25FN4O3S2. The number of carboxylic acid groups (broad SMARTS) is 1. The number of nitrogens with zero attached hydrogens (tertiary/aromatic N) is 4. The molecule has 1 aliphatic heterocycles. The number of halogens is 1. The third-order valence-corrected chi connectivity index (χ3v) is 8.15. The van der Waals surface area contributed by atoms with Crippen molar-refractivity contribution in [2.45, 2.75) is 43.6 Å². The molecule has 2 atom stereocenters. The van der Waals surface area contributed by atoms with Crippen LogP contribution in [0.5, 0.6) is 0 Å². The smallest absolute Gasteiger partial charge is 0.332 e. The van der Waals surface area contributed by atoms with E-state index in [2.05, 4.69) is 16.7 Å². The number of hydrogen-bond acceptors (Lipinski definition) is 6. The van der Waals surface area contributed by atoms with Gasteiger partial charge in [0.15, 0.2) is 5.54 Å². The minimum absolute atomic E-state index is 0.0488. The molecule has 3 aromatic rings. The fraction of sp³-hybridized carbons (Fsp3) is 0.333. The molecule has 7 nitrogen and oxygen atoms in total. The monoisotopic (exact) mass is 500 g/mol. The highest BCUT2D eigenvalue weighted by molar-refractivity contribution is 8.00. The number of amides is 1. The van der Waals surface area contributed by atoms with Gasteiger partial charge in [0.1, 0.15) is 16.2 Å². The van der Waals surface area contributed by atoms with Crippen LogP contribution in [-0.4, -0.2) is 47.9 Å². The van der Waals surface area contributed by atoms with E-state index >= 15 is 4.39 Å². The predicted octanol–water partition coefficient (Wildman–Crippen LogP) is 4.83. The highest BCUT2D eigenvalue weighted by Gasteiger charge is 2.56. The first-order chi connectivity index (χ1) is 16.1. The van der Waals surface area contributed by atoms with Crippen LogP contribution >= 0.6 is 23.1 Å². The van der Waals surface area contributed by atoms with Gasteiger partial charge in [-0.25, -0.2) is 14.2 Å². The summed E-state index contributed by atoms with van der Waals surface area (Å²) >= 11 is 2.67. The van der Waals surface area contributed by atoms with E-state index in [1.165, 1.54) is 44.8 Å². The molecule has 1 aliphatic rings. The average molecular weight is 501 g/mol. The maximum Gasteiger partial charge on any atom is 0.332 e. The Balaban J connectivity index is 1.86. The summed E-state index contributed by atoms with van der Waals surface area (Å²) in [4.78, 5) is 32.4. The third kappa shape index (κ3) is 4.16. The van der Waals surface area contributed by atoms with Crippen LogP contribution < -0.4 is 0 Å². The van der Waals surface area contributed by atoms with E-state index in [-0.39, 0.29) is 17.9 Å². The zero-order valence-corrected chi connectivity index (χ0v) is 20.7. The van der Waals surface area contributed by atoms with Gasteiger partial charge in [-0.15, -0.1) is 23.1 Å². The van der Waals surface area contributed by atoms with Gasteiger partial charge in [0.2, 0.25) is 0 Å². The molecule has 1 fully saturated rings. The number of thioether (sulfide) groups is 1. The summed E-state index contributed by atoms with van der Waals surface area (Å²) < 4.78 is 16.8. The molecule has 4 rings (SSSR count). The normalized spacial score (nSPS) is 20.5. The number of aromatic nitrogens is 3. The molecule has 0 saturated carbocycles.